The number of anilines is 1. The highest BCUT2D eigenvalue weighted by Gasteiger charge is 2.55. The molecule has 4 heterocycles. The highest BCUT2D eigenvalue weighted by Crippen LogP contribution is 2.42. The molecule has 2 aliphatic rings. The van der Waals surface area contributed by atoms with Gasteiger partial charge in [0.15, 0.2) is 11.9 Å². The summed E-state index contributed by atoms with van der Waals surface area (Å²) in [6.45, 7) is 12.5. The van der Waals surface area contributed by atoms with E-state index in [4.69, 9.17) is 24.1 Å². The maximum atomic E-state index is 11.3. The molecule has 0 aliphatic carbocycles. The molecule has 0 saturated carbocycles. The Balaban J connectivity index is 1.74. The minimum Gasteiger partial charge on any atom is -0.386 e. The SMILES string of the molecule is C=Cc1nn([C@@H]2O[C@H]3COCO[Si](C(C)C)(C(C)C)O[C@H]3[C@H]2O)c2ncnc(N)c12. The van der Waals surface area contributed by atoms with E-state index in [0.29, 0.717) is 22.5 Å². The largest absolute Gasteiger partial charge is 0.386 e. The number of rotatable bonds is 4. The van der Waals surface area contributed by atoms with Gasteiger partial charge in [-0.15, -0.1) is 0 Å². The lowest BCUT2D eigenvalue weighted by Crippen LogP contribution is -2.56. The standard InChI is InChI=1S/C19H29N5O5Si/c1-6-12-14-17(20)21-8-22-18(14)24(23-12)19-15(25)16-13(28-19)7-26-9-27-30(29-16,10(2)3)11(4)5/h6,8,10-11,13,15-16,19,25H,1,7,9H2,2-5H3,(H2,20,21,22)/t13-,15+,16+,19+/m0/s1. The molecular weight excluding hydrogens is 406 g/mol. The fourth-order valence-electron chi connectivity index (χ4n) is 4.36. The van der Waals surface area contributed by atoms with Gasteiger partial charge >= 0.3 is 8.56 Å². The second-order valence-electron chi connectivity index (χ2n) is 8.29. The average Bonchev–Trinajstić information content (AvgIpc) is 3.20. The lowest BCUT2D eigenvalue weighted by molar-refractivity contribution is -0.116. The summed E-state index contributed by atoms with van der Waals surface area (Å²) >= 11 is 0. The van der Waals surface area contributed by atoms with Crippen LogP contribution in [0, 0.1) is 0 Å². The molecule has 4 rings (SSSR count). The first-order valence-corrected chi connectivity index (χ1v) is 12.1. The Bertz CT molecular complexity index is 927. The Hall–Kier alpha value is -1.89. The van der Waals surface area contributed by atoms with Crippen LogP contribution in [0.15, 0.2) is 12.9 Å². The molecule has 2 aliphatic heterocycles. The van der Waals surface area contributed by atoms with Crippen molar-refractivity contribution in [2.75, 3.05) is 19.1 Å². The quantitative estimate of drug-likeness (QED) is 0.693. The first kappa shape index (κ1) is 21.3. The van der Waals surface area contributed by atoms with Crippen LogP contribution in [0.2, 0.25) is 11.1 Å². The molecule has 10 nitrogen and oxygen atoms in total. The Morgan fingerprint density at radius 2 is 2.03 bits per heavy atom. The third-order valence-corrected chi connectivity index (χ3v) is 10.3. The number of fused-ring (bicyclic) bond motifs is 2. The molecule has 3 N–H and O–H groups in total. The van der Waals surface area contributed by atoms with Gasteiger partial charge < -0.3 is 29.2 Å². The van der Waals surface area contributed by atoms with Gasteiger partial charge in [-0.3, -0.25) is 0 Å². The van der Waals surface area contributed by atoms with Crippen molar-refractivity contribution in [3.63, 3.8) is 0 Å². The Kier molecular flexibility index (Phi) is 5.68. The molecule has 4 atom stereocenters. The van der Waals surface area contributed by atoms with E-state index in [-0.39, 0.29) is 24.5 Å². The van der Waals surface area contributed by atoms with Crippen LogP contribution in [0.4, 0.5) is 5.82 Å². The molecule has 2 aromatic heterocycles. The number of nitrogens with two attached hydrogens (primary N) is 1. The number of nitrogens with zero attached hydrogens (tertiary/aromatic N) is 4. The molecule has 164 valence electrons. The minimum atomic E-state index is -2.70. The van der Waals surface area contributed by atoms with Crippen LogP contribution in [0.1, 0.15) is 39.6 Å². The predicted octanol–water partition coefficient (Wildman–Crippen LogP) is 1.96. The molecule has 0 aromatic carbocycles. The third-order valence-electron chi connectivity index (χ3n) is 5.87. The van der Waals surface area contributed by atoms with Crippen LogP contribution in [0.3, 0.4) is 0 Å². The molecule has 2 aromatic rings. The van der Waals surface area contributed by atoms with Crippen molar-refractivity contribution < 1.29 is 23.4 Å². The predicted molar refractivity (Wildman–Crippen MR) is 112 cm³/mol. The summed E-state index contributed by atoms with van der Waals surface area (Å²) in [7, 11) is -2.70. The smallest absolute Gasteiger partial charge is 0.345 e. The summed E-state index contributed by atoms with van der Waals surface area (Å²) in [5.41, 5.74) is 7.34. The van der Waals surface area contributed by atoms with Crippen LogP contribution < -0.4 is 5.73 Å². The molecule has 0 spiro atoms. The van der Waals surface area contributed by atoms with Crippen molar-refractivity contribution in [2.24, 2.45) is 0 Å². The van der Waals surface area contributed by atoms with Crippen LogP contribution in [0.25, 0.3) is 17.1 Å². The molecule has 30 heavy (non-hydrogen) atoms. The van der Waals surface area contributed by atoms with Crippen LogP contribution in [-0.2, 0) is 18.3 Å². The highest BCUT2D eigenvalue weighted by atomic mass is 28.4. The summed E-state index contributed by atoms with van der Waals surface area (Å²) in [5, 5.41) is 16.4. The van der Waals surface area contributed by atoms with Gasteiger partial charge in [0, 0.05) is 0 Å². The number of hydrogen-bond donors (Lipinski definition) is 2. The average molecular weight is 436 g/mol. The van der Waals surface area contributed by atoms with Crippen LogP contribution in [0.5, 0.6) is 0 Å². The molecule has 2 saturated heterocycles. The fourth-order valence-corrected chi connectivity index (χ4v) is 7.96. The van der Waals surface area contributed by atoms with Crippen LogP contribution >= 0.6 is 0 Å². The second-order valence-corrected chi connectivity index (χ2v) is 12.6. The normalized spacial score (nSPS) is 29.2. The van der Waals surface area contributed by atoms with E-state index >= 15 is 0 Å². The number of aliphatic hydroxyl groups excluding tert-OH is 1. The van der Waals surface area contributed by atoms with Gasteiger partial charge in [0.05, 0.1) is 17.7 Å². The van der Waals surface area contributed by atoms with E-state index in [2.05, 4.69) is 49.3 Å². The van der Waals surface area contributed by atoms with Gasteiger partial charge in [-0.25, -0.2) is 14.6 Å². The second kappa shape index (κ2) is 7.98. The molecular formula is C19H29N5O5Si. The summed E-state index contributed by atoms with van der Waals surface area (Å²) < 4.78 is 26.2. The summed E-state index contributed by atoms with van der Waals surface area (Å²) in [6.07, 6.45) is 0.0308. The first-order valence-electron chi connectivity index (χ1n) is 10.1. The van der Waals surface area contributed by atoms with Gasteiger partial charge in [0.2, 0.25) is 0 Å². The summed E-state index contributed by atoms with van der Waals surface area (Å²) in [5.74, 6) is 0.290. The molecule has 0 bridgehead atoms. The number of aliphatic hydroxyl groups is 1. The number of ether oxygens (including phenoxy) is 2. The van der Waals surface area contributed by atoms with E-state index in [1.54, 1.807) is 6.08 Å². The Morgan fingerprint density at radius 3 is 2.70 bits per heavy atom. The Morgan fingerprint density at radius 1 is 1.30 bits per heavy atom. The number of aromatic nitrogens is 4. The van der Waals surface area contributed by atoms with Crippen LogP contribution in [-0.4, -0.2) is 65.1 Å². The van der Waals surface area contributed by atoms with Crippen molar-refractivity contribution in [1.82, 2.24) is 19.7 Å². The van der Waals surface area contributed by atoms with Crippen molar-refractivity contribution in [2.45, 2.75) is 63.3 Å². The minimum absolute atomic E-state index is 0.144. The van der Waals surface area contributed by atoms with Crippen molar-refractivity contribution >= 4 is 31.5 Å². The van der Waals surface area contributed by atoms with Gasteiger partial charge in [-0.2, -0.15) is 5.10 Å². The zero-order valence-electron chi connectivity index (χ0n) is 17.7. The molecule has 11 heteroatoms. The fraction of sp³-hybridized carbons (Fsp3) is 0.632. The zero-order valence-corrected chi connectivity index (χ0v) is 18.7. The third kappa shape index (κ3) is 3.25. The summed E-state index contributed by atoms with van der Waals surface area (Å²) in [4.78, 5) is 8.35. The zero-order chi connectivity index (χ0) is 21.6. The maximum absolute atomic E-state index is 11.3. The highest BCUT2D eigenvalue weighted by molar-refractivity contribution is 6.70. The van der Waals surface area contributed by atoms with Crippen molar-refractivity contribution in [3.8, 4) is 0 Å². The van der Waals surface area contributed by atoms with Crippen molar-refractivity contribution in [1.29, 1.82) is 0 Å². The first-order chi connectivity index (χ1) is 14.3. The lowest BCUT2D eigenvalue weighted by atomic mass is 10.1. The monoisotopic (exact) mass is 435 g/mol. The molecule has 0 amide bonds. The van der Waals surface area contributed by atoms with E-state index < -0.39 is 33.1 Å². The molecule has 0 unspecified atom stereocenters. The number of nitrogen functional groups attached to an aromatic ring is 1. The molecule has 0 radical (unpaired) electrons. The van der Waals surface area contributed by atoms with E-state index in [1.807, 2.05) is 0 Å². The van der Waals surface area contributed by atoms with Gasteiger partial charge in [-0.1, -0.05) is 34.3 Å². The Labute approximate surface area is 176 Å². The maximum Gasteiger partial charge on any atom is 0.345 e. The van der Waals surface area contributed by atoms with Gasteiger partial charge in [0.1, 0.15) is 37.3 Å². The molecule has 2 fully saturated rings. The topological polar surface area (TPSA) is 127 Å². The summed E-state index contributed by atoms with van der Waals surface area (Å²) in [6, 6.07) is 0. The van der Waals surface area contributed by atoms with Gasteiger partial charge in [0.25, 0.3) is 0 Å². The lowest BCUT2D eigenvalue weighted by Gasteiger charge is -2.42. The van der Waals surface area contributed by atoms with Crippen molar-refractivity contribution in [3.05, 3.63) is 18.6 Å². The number of hydrogen-bond acceptors (Lipinski definition) is 9. The van der Waals surface area contributed by atoms with E-state index in [1.165, 1.54) is 11.0 Å². The van der Waals surface area contributed by atoms with E-state index in [0.717, 1.165) is 0 Å². The van der Waals surface area contributed by atoms with Gasteiger partial charge in [-0.05, 0) is 17.2 Å². The van der Waals surface area contributed by atoms with E-state index in [9.17, 15) is 5.11 Å².